The quantitative estimate of drug-likeness (QED) is 0.777. The van der Waals surface area contributed by atoms with E-state index in [9.17, 15) is 0 Å². The number of hydrogen-bond donors (Lipinski definition) is 1. The summed E-state index contributed by atoms with van der Waals surface area (Å²) < 4.78 is 5.82. The van der Waals surface area contributed by atoms with E-state index < -0.39 is 0 Å². The Morgan fingerprint density at radius 1 is 1.20 bits per heavy atom. The van der Waals surface area contributed by atoms with Crippen molar-refractivity contribution < 1.29 is 4.74 Å². The maximum atomic E-state index is 5.82. The highest BCUT2D eigenvalue weighted by atomic mass is 16.5. The molecule has 1 aromatic carbocycles. The Labute approximate surface area is 122 Å². The van der Waals surface area contributed by atoms with Crippen LogP contribution in [0.2, 0.25) is 0 Å². The van der Waals surface area contributed by atoms with Crippen LogP contribution in [0.1, 0.15) is 24.8 Å². The van der Waals surface area contributed by atoms with E-state index in [0.717, 1.165) is 52.0 Å². The smallest absolute Gasteiger partial charge is 0.0599 e. The molecule has 2 rings (SSSR count). The summed E-state index contributed by atoms with van der Waals surface area (Å²) >= 11 is 0. The van der Waals surface area contributed by atoms with Crippen LogP contribution in [0.3, 0.4) is 0 Å². The molecule has 1 aliphatic heterocycles. The summed E-state index contributed by atoms with van der Waals surface area (Å²) in [4.78, 5) is 2.49. The molecule has 1 saturated heterocycles. The molecule has 0 bridgehead atoms. The first kappa shape index (κ1) is 15.2. The van der Waals surface area contributed by atoms with Crippen LogP contribution < -0.4 is 5.73 Å². The summed E-state index contributed by atoms with van der Waals surface area (Å²) in [5.74, 6) is 0. The molecular formula is C17H26N2O. The Bertz CT molecular complexity index is 383. The van der Waals surface area contributed by atoms with Crippen LogP contribution in [0.15, 0.2) is 36.4 Å². The summed E-state index contributed by atoms with van der Waals surface area (Å²) in [6.07, 6.45) is 8.15. The van der Waals surface area contributed by atoms with Crippen LogP contribution in [0.25, 0.3) is 6.08 Å². The van der Waals surface area contributed by atoms with E-state index in [0.29, 0.717) is 6.10 Å². The van der Waals surface area contributed by atoms with Gasteiger partial charge in [0.05, 0.1) is 6.10 Å². The molecule has 0 aromatic heterocycles. The largest absolute Gasteiger partial charge is 0.378 e. The fourth-order valence-corrected chi connectivity index (χ4v) is 2.49. The van der Waals surface area contributed by atoms with E-state index in [1.54, 1.807) is 0 Å². The standard InChI is InChI=1S/C17H26N2O/c18-11-5-15-20-17-9-13-19(14-10-17)12-4-8-16-6-2-1-3-7-16/h1-4,6-8,17H,5,9-15,18H2. The highest BCUT2D eigenvalue weighted by Crippen LogP contribution is 2.14. The zero-order chi connectivity index (χ0) is 14.0. The third-order valence-electron chi connectivity index (χ3n) is 3.71. The van der Waals surface area contributed by atoms with Crippen molar-refractivity contribution in [3.8, 4) is 0 Å². The minimum absolute atomic E-state index is 0.441. The summed E-state index contributed by atoms with van der Waals surface area (Å²) in [5, 5.41) is 0. The average molecular weight is 274 g/mol. The zero-order valence-electron chi connectivity index (χ0n) is 12.2. The lowest BCUT2D eigenvalue weighted by atomic mass is 10.1. The number of hydrogen-bond acceptors (Lipinski definition) is 3. The number of benzene rings is 1. The van der Waals surface area contributed by atoms with E-state index in [-0.39, 0.29) is 0 Å². The van der Waals surface area contributed by atoms with Gasteiger partial charge in [-0.15, -0.1) is 0 Å². The van der Waals surface area contributed by atoms with E-state index in [4.69, 9.17) is 10.5 Å². The molecule has 3 heteroatoms. The van der Waals surface area contributed by atoms with Crippen LogP contribution in [-0.4, -0.2) is 43.8 Å². The van der Waals surface area contributed by atoms with Crippen molar-refractivity contribution >= 4 is 6.08 Å². The van der Waals surface area contributed by atoms with Crippen LogP contribution in [-0.2, 0) is 4.74 Å². The van der Waals surface area contributed by atoms with Crippen molar-refractivity contribution in [3.05, 3.63) is 42.0 Å². The van der Waals surface area contributed by atoms with Crippen LogP contribution in [0.4, 0.5) is 0 Å². The summed E-state index contributed by atoms with van der Waals surface area (Å²) in [6, 6.07) is 10.5. The Hall–Kier alpha value is -1.16. The third kappa shape index (κ3) is 5.45. The average Bonchev–Trinajstić information content (AvgIpc) is 2.50. The molecule has 0 atom stereocenters. The second-order valence-corrected chi connectivity index (χ2v) is 5.33. The fraction of sp³-hybridized carbons (Fsp3) is 0.529. The lowest BCUT2D eigenvalue weighted by Gasteiger charge is -2.31. The Morgan fingerprint density at radius 2 is 1.95 bits per heavy atom. The maximum absolute atomic E-state index is 5.82. The van der Waals surface area contributed by atoms with E-state index >= 15 is 0 Å². The molecule has 0 aliphatic carbocycles. The molecule has 0 spiro atoms. The second kappa shape index (κ2) is 8.90. The van der Waals surface area contributed by atoms with E-state index in [1.807, 2.05) is 6.07 Å². The zero-order valence-corrected chi connectivity index (χ0v) is 12.2. The number of ether oxygens (including phenoxy) is 1. The Kier molecular flexibility index (Phi) is 6.78. The van der Waals surface area contributed by atoms with Crippen molar-refractivity contribution in [1.29, 1.82) is 0 Å². The van der Waals surface area contributed by atoms with Crippen molar-refractivity contribution in [2.45, 2.75) is 25.4 Å². The van der Waals surface area contributed by atoms with Gasteiger partial charge < -0.3 is 10.5 Å². The third-order valence-corrected chi connectivity index (χ3v) is 3.71. The van der Waals surface area contributed by atoms with Gasteiger partial charge in [0.15, 0.2) is 0 Å². The molecule has 3 nitrogen and oxygen atoms in total. The first-order chi connectivity index (χ1) is 9.88. The van der Waals surface area contributed by atoms with Gasteiger partial charge in [0, 0.05) is 26.2 Å². The van der Waals surface area contributed by atoms with Crippen molar-refractivity contribution in [2.24, 2.45) is 5.73 Å². The topological polar surface area (TPSA) is 38.5 Å². The highest BCUT2D eigenvalue weighted by molar-refractivity contribution is 5.48. The minimum Gasteiger partial charge on any atom is -0.378 e. The van der Waals surface area contributed by atoms with Crippen molar-refractivity contribution in [3.63, 3.8) is 0 Å². The maximum Gasteiger partial charge on any atom is 0.0599 e. The van der Waals surface area contributed by atoms with Gasteiger partial charge in [-0.05, 0) is 31.4 Å². The molecular weight excluding hydrogens is 248 g/mol. The predicted molar refractivity (Wildman–Crippen MR) is 84.6 cm³/mol. The van der Waals surface area contributed by atoms with Gasteiger partial charge in [-0.2, -0.15) is 0 Å². The minimum atomic E-state index is 0.441. The van der Waals surface area contributed by atoms with Gasteiger partial charge in [0.2, 0.25) is 0 Å². The SMILES string of the molecule is NCCCOC1CCN(CC=Cc2ccccc2)CC1. The van der Waals surface area contributed by atoms with Gasteiger partial charge in [0.25, 0.3) is 0 Å². The van der Waals surface area contributed by atoms with Gasteiger partial charge in [-0.1, -0.05) is 42.5 Å². The highest BCUT2D eigenvalue weighted by Gasteiger charge is 2.18. The molecule has 20 heavy (non-hydrogen) atoms. The molecule has 2 N–H and O–H groups in total. The lowest BCUT2D eigenvalue weighted by Crippen LogP contribution is -2.37. The van der Waals surface area contributed by atoms with Gasteiger partial charge >= 0.3 is 0 Å². The predicted octanol–water partition coefficient (Wildman–Crippen LogP) is 2.53. The normalized spacial score (nSPS) is 17.9. The fourth-order valence-electron chi connectivity index (χ4n) is 2.49. The molecule has 1 aromatic rings. The van der Waals surface area contributed by atoms with Gasteiger partial charge in [0.1, 0.15) is 0 Å². The van der Waals surface area contributed by atoms with Crippen molar-refractivity contribution in [1.82, 2.24) is 4.90 Å². The molecule has 0 radical (unpaired) electrons. The van der Waals surface area contributed by atoms with E-state index in [1.165, 1.54) is 5.56 Å². The van der Waals surface area contributed by atoms with E-state index in [2.05, 4.69) is 41.3 Å². The van der Waals surface area contributed by atoms with Crippen LogP contribution >= 0.6 is 0 Å². The number of piperidine rings is 1. The first-order valence-electron chi connectivity index (χ1n) is 7.64. The van der Waals surface area contributed by atoms with Crippen LogP contribution in [0.5, 0.6) is 0 Å². The molecule has 0 saturated carbocycles. The number of nitrogens with two attached hydrogens (primary N) is 1. The summed E-state index contributed by atoms with van der Waals surface area (Å²) in [7, 11) is 0. The Morgan fingerprint density at radius 3 is 2.65 bits per heavy atom. The number of nitrogens with zero attached hydrogens (tertiary/aromatic N) is 1. The molecule has 1 fully saturated rings. The lowest BCUT2D eigenvalue weighted by molar-refractivity contribution is 0.00955. The number of rotatable bonds is 7. The molecule has 1 aliphatic rings. The molecule has 1 heterocycles. The molecule has 0 unspecified atom stereocenters. The monoisotopic (exact) mass is 274 g/mol. The number of likely N-dealkylation sites (tertiary alicyclic amines) is 1. The van der Waals surface area contributed by atoms with Gasteiger partial charge in [-0.25, -0.2) is 0 Å². The van der Waals surface area contributed by atoms with Gasteiger partial charge in [-0.3, -0.25) is 4.90 Å². The molecule has 0 amide bonds. The summed E-state index contributed by atoms with van der Waals surface area (Å²) in [5.41, 5.74) is 6.74. The molecule has 110 valence electrons. The first-order valence-corrected chi connectivity index (χ1v) is 7.64. The van der Waals surface area contributed by atoms with Crippen LogP contribution in [0, 0.1) is 0 Å². The summed E-state index contributed by atoms with van der Waals surface area (Å²) in [6.45, 7) is 4.83. The Balaban J connectivity index is 1.63. The second-order valence-electron chi connectivity index (χ2n) is 5.33. The van der Waals surface area contributed by atoms with Crippen molar-refractivity contribution in [2.75, 3.05) is 32.8 Å².